The second-order valence-electron chi connectivity index (χ2n) is 3.87. The highest BCUT2D eigenvalue weighted by Crippen LogP contribution is 2.27. The van der Waals surface area contributed by atoms with E-state index in [1.807, 2.05) is 0 Å². The number of halogens is 2. The molecule has 1 aliphatic rings. The first-order chi connectivity index (χ1) is 7.61. The smallest absolute Gasteiger partial charge is 0.183 e. The number of aliphatic hydroxyl groups is 1. The first kappa shape index (κ1) is 10.8. The van der Waals surface area contributed by atoms with E-state index < -0.39 is 11.6 Å². The minimum atomic E-state index is -1.13. The summed E-state index contributed by atoms with van der Waals surface area (Å²) in [5.41, 5.74) is -0.273. The van der Waals surface area contributed by atoms with Crippen LogP contribution in [-0.4, -0.2) is 17.3 Å². The molecule has 0 aromatic heterocycles. The highest BCUT2D eigenvalue weighted by molar-refractivity contribution is 5.50. The van der Waals surface area contributed by atoms with Crippen LogP contribution in [0.15, 0.2) is 12.1 Å². The Morgan fingerprint density at radius 2 is 2.00 bits per heavy atom. The summed E-state index contributed by atoms with van der Waals surface area (Å²) in [6, 6.07) is 4.11. The van der Waals surface area contributed by atoms with Crippen LogP contribution in [0.3, 0.4) is 0 Å². The maximum Gasteiger partial charge on any atom is 0.183 e. The Kier molecular flexibility index (Phi) is 2.75. The van der Waals surface area contributed by atoms with Gasteiger partial charge in [0.25, 0.3) is 0 Å². The lowest BCUT2D eigenvalue weighted by Gasteiger charge is -2.32. The van der Waals surface area contributed by atoms with Gasteiger partial charge in [-0.15, -0.1) is 0 Å². The van der Waals surface area contributed by atoms with Gasteiger partial charge in [-0.25, -0.2) is 8.78 Å². The zero-order valence-electron chi connectivity index (χ0n) is 8.37. The molecule has 1 aliphatic carbocycles. The molecule has 1 fully saturated rings. The third kappa shape index (κ3) is 1.84. The number of benzene rings is 1. The van der Waals surface area contributed by atoms with Crippen molar-refractivity contribution < 1.29 is 13.9 Å². The molecule has 2 N–H and O–H groups in total. The largest absolute Gasteiger partial charge is 0.393 e. The molecule has 1 aromatic carbocycles. The fourth-order valence-corrected chi connectivity index (χ4v) is 1.67. The molecule has 2 rings (SSSR count). The van der Waals surface area contributed by atoms with E-state index in [4.69, 9.17) is 10.4 Å². The molecule has 0 saturated heterocycles. The number of nitriles is 1. The Morgan fingerprint density at radius 3 is 2.56 bits per heavy atom. The van der Waals surface area contributed by atoms with E-state index in [0.29, 0.717) is 12.8 Å². The lowest BCUT2D eigenvalue weighted by Crippen LogP contribution is -2.39. The molecule has 16 heavy (non-hydrogen) atoms. The maximum absolute atomic E-state index is 13.4. The van der Waals surface area contributed by atoms with E-state index in [0.717, 1.165) is 0 Å². The zero-order valence-corrected chi connectivity index (χ0v) is 8.37. The number of aliphatic hydroxyl groups excluding tert-OH is 1. The molecule has 1 aromatic rings. The molecule has 0 unspecified atom stereocenters. The summed E-state index contributed by atoms with van der Waals surface area (Å²) in [7, 11) is 0. The molecule has 0 spiro atoms. The van der Waals surface area contributed by atoms with Crippen molar-refractivity contribution >= 4 is 5.69 Å². The lowest BCUT2D eigenvalue weighted by molar-refractivity contribution is 0.0835. The van der Waals surface area contributed by atoms with E-state index in [2.05, 4.69) is 5.32 Å². The Labute approximate surface area is 91.3 Å². The third-order valence-electron chi connectivity index (χ3n) is 2.68. The quantitative estimate of drug-likeness (QED) is 0.804. The van der Waals surface area contributed by atoms with Crippen molar-refractivity contribution in [2.24, 2.45) is 0 Å². The van der Waals surface area contributed by atoms with Gasteiger partial charge in [0.05, 0.1) is 17.4 Å². The normalized spacial score (nSPS) is 23.4. The number of anilines is 1. The number of hydrogen-bond acceptors (Lipinski definition) is 3. The number of rotatable bonds is 2. The van der Waals surface area contributed by atoms with Crippen molar-refractivity contribution in [3.8, 4) is 6.07 Å². The first-order valence-electron chi connectivity index (χ1n) is 4.94. The number of hydrogen-bond donors (Lipinski definition) is 2. The van der Waals surface area contributed by atoms with Gasteiger partial charge in [-0.2, -0.15) is 5.26 Å². The zero-order chi connectivity index (χ0) is 11.7. The van der Waals surface area contributed by atoms with Crippen LogP contribution in [0.5, 0.6) is 0 Å². The van der Waals surface area contributed by atoms with Gasteiger partial charge >= 0.3 is 0 Å². The molecule has 0 bridgehead atoms. The van der Waals surface area contributed by atoms with Gasteiger partial charge in [-0.05, 0) is 25.0 Å². The minimum absolute atomic E-state index is 0.0307. The first-order valence-corrected chi connectivity index (χ1v) is 4.94. The molecule has 0 radical (unpaired) electrons. The molecule has 0 amide bonds. The van der Waals surface area contributed by atoms with Gasteiger partial charge in [-0.1, -0.05) is 0 Å². The van der Waals surface area contributed by atoms with E-state index in [-0.39, 0.29) is 23.4 Å². The van der Waals surface area contributed by atoms with Crippen LogP contribution in [0.2, 0.25) is 0 Å². The fraction of sp³-hybridized carbons (Fsp3) is 0.364. The molecule has 5 heteroatoms. The van der Waals surface area contributed by atoms with Crippen LogP contribution < -0.4 is 5.32 Å². The Hall–Kier alpha value is -1.67. The van der Waals surface area contributed by atoms with E-state index >= 15 is 0 Å². The summed E-state index contributed by atoms with van der Waals surface area (Å²) in [5.74, 6) is -2.17. The van der Waals surface area contributed by atoms with Gasteiger partial charge < -0.3 is 10.4 Å². The Morgan fingerprint density at radius 1 is 1.31 bits per heavy atom. The van der Waals surface area contributed by atoms with E-state index in [1.165, 1.54) is 12.1 Å². The van der Waals surface area contributed by atoms with Crippen molar-refractivity contribution in [1.82, 2.24) is 0 Å². The number of nitrogens with zero attached hydrogens (tertiary/aromatic N) is 1. The Bertz CT molecular complexity index is 450. The van der Waals surface area contributed by atoms with Gasteiger partial charge in [0.2, 0.25) is 0 Å². The summed E-state index contributed by atoms with van der Waals surface area (Å²) in [6.45, 7) is 0. The predicted octanol–water partition coefficient (Wildman–Crippen LogP) is 1.77. The average Bonchev–Trinajstić information content (AvgIpc) is 2.23. The molecule has 3 nitrogen and oxygen atoms in total. The van der Waals surface area contributed by atoms with E-state index in [1.54, 1.807) is 6.07 Å². The molecule has 0 heterocycles. The standard InChI is InChI=1S/C11H10F2N2O/c12-10-6(5-14)1-2-9(11(10)13)15-7-3-8(16)4-7/h1-2,7-8,15-16H,3-4H2. The summed E-state index contributed by atoms with van der Waals surface area (Å²) in [5, 5.41) is 20.3. The van der Waals surface area contributed by atoms with Crippen LogP contribution in [0.25, 0.3) is 0 Å². The van der Waals surface area contributed by atoms with Crippen molar-refractivity contribution in [2.75, 3.05) is 5.32 Å². The van der Waals surface area contributed by atoms with Crippen molar-refractivity contribution in [1.29, 1.82) is 5.26 Å². The fourth-order valence-electron chi connectivity index (χ4n) is 1.67. The van der Waals surface area contributed by atoms with Gasteiger partial charge in [0.15, 0.2) is 11.6 Å². The minimum Gasteiger partial charge on any atom is -0.393 e. The molecule has 0 aliphatic heterocycles. The van der Waals surface area contributed by atoms with Crippen LogP contribution in [0.1, 0.15) is 18.4 Å². The summed E-state index contributed by atoms with van der Waals surface area (Å²) < 4.78 is 26.6. The lowest BCUT2D eigenvalue weighted by atomic mass is 9.89. The van der Waals surface area contributed by atoms with Crippen LogP contribution in [-0.2, 0) is 0 Å². The number of nitrogens with one attached hydrogen (secondary N) is 1. The van der Waals surface area contributed by atoms with Gasteiger partial charge in [0, 0.05) is 6.04 Å². The van der Waals surface area contributed by atoms with Crippen molar-refractivity contribution in [2.45, 2.75) is 25.0 Å². The van der Waals surface area contributed by atoms with Crippen molar-refractivity contribution in [3.05, 3.63) is 29.3 Å². The average molecular weight is 224 g/mol. The van der Waals surface area contributed by atoms with Crippen LogP contribution in [0.4, 0.5) is 14.5 Å². The highest BCUT2D eigenvalue weighted by atomic mass is 19.2. The highest BCUT2D eigenvalue weighted by Gasteiger charge is 2.28. The second-order valence-corrected chi connectivity index (χ2v) is 3.87. The molecule has 0 atom stereocenters. The monoisotopic (exact) mass is 224 g/mol. The van der Waals surface area contributed by atoms with Crippen LogP contribution in [0, 0.1) is 23.0 Å². The molecular weight excluding hydrogens is 214 g/mol. The SMILES string of the molecule is N#Cc1ccc(NC2CC(O)C2)c(F)c1F. The van der Waals surface area contributed by atoms with Gasteiger partial charge in [0.1, 0.15) is 6.07 Å². The molecule has 84 valence electrons. The topological polar surface area (TPSA) is 56.0 Å². The maximum atomic E-state index is 13.4. The van der Waals surface area contributed by atoms with Crippen LogP contribution >= 0.6 is 0 Å². The summed E-state index contributed by atoms with van der Waals surface area (Å²) >= 11 is 0. The Balaban J connectivity index is 2.17. The summed E-state index contributed by atoms with van der Waals surface area (Å²) in [6.07, 6.45) is 0.700. The van der Waals surface area contributed by atoms with Gasteiger partial charge in [-0.3, -0.25) is 0 Å². The predicted molar refractivity (Wildman–Crippen MR) is 53.7 cm³/mol. The molecular formula is C11H10F2N2O. The second kappa shape index (κ2) is 4.06. The third-order valence-corrected chi connectivity index (χ3v) is 2.68. The van der Waals surface area contributed by atoms with Crippen molar-refractivity contribution in [3.63, 3.8) is 0 Å². The molecule has 1 saturated carbocycles. The summed E-state index contributed by atoms with van der Waals surface area (Å²) in [4.78, 5) is 0. The van der Waals surface area contributed by atoms with E-state index in [9.17, 15) is 8.78 Å².